The van der Waals surface area contributed by atoms with Crippen LogP contribution in [0.25, 0.3) is 0 Å². The second kappa shape index (κ2) is 7.87. The van der Waals surface area contributed by atoms with E-state index in [4.69, 9.17) is 4.74 Å². The fraction of sp³-hybridized carbons (Fsp3) is 0.692. The lowest BCUT2D eigenvalue weighted by molar-refractivity contribution is 0.341. The molecule has 1 rings (SSSR count). The maximum Gasteiger partial charge on any atom is 0.299 e. The molecule has 0 aliphatic heterocycles. The van der Waals surface area contributed by atoms with Crippen LogP contribution in [0.2, 0.25) is 0 Å². The van der Waals surface area contributed by atoms with E-state index in [9.17, 15) is 4.79 Å². The summed E-state index contributed by atoms with van der Waals surface area (Å²) in [5.41, 5.74) is 0.651. The molecule has 0 unspecified atom stereocenters. The van der Waals surface area contributed by atoms with Crippen molar-refractivity contribution in [2.75, 3.05) is 20.2 Å². The highest BCUT2D eigenvalue weighted by Gasteiger charge is 2.06. The quantitative estimate of drug-likeness (QED) is 0.710. The van der Waals surface area contributed by atoms with Crippen molar-refractivity contribution in [3.8, 4) is 6.01 Å². The van der Waals surface area contributed by atoms with Crippen molar-refractivity contribution in [2.45, 2.75) is 39.7 Å². The largest absolute Gasteiger partial charge is 0.468 e. The van der Waals surface area contributed by atoms with Crippen LogP contribution in [0.15, 0.2) is 10.9 Å². The lowest BCUT2D eigenvalue weighted by atomic mass is 10.3. The number of hydrogen-bond donors (Lipinski definition) is 1. The summed E-state index contributed by atoms with van der Waals surface area (Å²) in [6.07, 6.45) is 3.14. The smallest absolute Gasteiger partial charge is 0.299 e. The van der Waals surface area contributed by atoms with Crippen molar-refractivity contribution in [2.24, 2.45) is 0 Å². The van der Waals surface area contributed by atoms with Crippen LogP contribution >= 0.6 is 0 Å². The molecule has 0 aliphatic rings. The summed E-state index contributed by atoms with van der Waals surface area (Å²) < 4.78 is 6.73. The van der Waals surface area contributed by atoms with Gasteiger partial charge in [0.1, 0.15) is 0 Å². The number of aromatic nitrogens is 2. The molecule has 0 aliphatic carbocycles. The van der Waals surface area contributed by atoms with Gasteiger partial charge in [-0.25, -0.2) is 4.98 Å². The van der Waals surface area contributed by atoms with Gasteiger partial charge in [-0.15, -0.1) is 0 Å². The van der Waals surface area contributed by atoms with Gasteiger partial charge in [-0.05, 0) is 39.3 Å². The third-order valence-electron chi connectivity index (χ3n) is 2.70. The van der Waals surface area contributed by atoms with Crippen molar-refractivity contribution >= 4 is 0 Å². The van der Waals surface area contributed by atoms with Gasteiger partial charge in [0.05, 0.1) is 7.11 Å². The predicted octanol–water partition coefficient (Wildman–Crippen LogP) is 1.34. The Bertz CT molecular complexity index is 415. The van der Waals surface area contributed by atoms with Gasteiger partial charge in [0.2, 0.25) is 0 Å². The van der Waals surface area contributed by atoms with E-state index in [0.29, 0.717) is 18.2 Å². The van der Waals surface area contributed by atoms with Crippen LogP contribution in [-0.4, -0.2) is 29.8 Å². The lowest BCUT2D eigenvalue weighted by Crippen LogP contribution is -2.23. The van der Waals surface area contributed by atoms with Gasteiger partial charge in [0.25, 0.3) is 11.6 Å². The van der Waals surface area contributed by atoms with Crippen molar-refractivity contribution in [3.05, 3.63) is 22.1 Å². The molecule has 5 heteroatoms. The third kappa shape index (κ3) is 4.49. The van der Waals surface area contributed by atoms with E-state index in [1.54, 1.807) is 18.6 Å². The van der Waals surface area contributed by atoms with Gasteiger partial charge in [-0.2, -0.15) is 0 Å². The number of hydrogen-bond acceptors (Lipinski definition) is 4. The number of nitrogens with zero attached hydrogens (tertiary/aromatic N) is 2. The topological polar surface area (TPSA) is 56.1 Å². The van der Waals surface area contributed by atoms with E-state index in [2.05, 4.69) is 17.2 Å². The van der Waals surface area contributed by atoms with Gasteiger partial charge in [0.15, 0.2) is 0 Å². The zero-order valence-electron chi connectivity index (χ0n) is 11.5. The molecular formula is C13H23N3O2. The van der Waals surface area contributed by atoms with Crippen LogP contribution in [0, 0.1) is 6.92 Å². The maximum atomic E-state index is 11.8. The Balaban J connectivity index is 2.49. The summed E-state index contributed by atoms with van der Waals surface area (Å²) >= 11 is 0. The normalized spacial score (nSPS) is 10.6. The Hall–Kier alpha value is -1.36. The molecule has 0 saturated heterocycles. The molecule has 0 saturated carbocycles. The van der Waals surface area contributed by atoms with Crippen molar-refractivity contribution in [3.63, 3.8) is 0 Å². The molecule has 1 aromatic rings. The highest BCUT2D eigenvalue weighted by atomic mass is 16.5. The molecule has 0 radical (unpaired) electrons. The monoisotopic (exact) mass is 253 g/mol. The minimum atomic E-state index is -0.0409. The van der Waals surface area contributed by atoms with E-state index in [1.807, 2.05) is 0 Å². The standard InChI is InChI=1S/C13H23N3O2/c1-4-7-14-8-5-6-9-16-12(17)10-11(2)15-13(16)18-3/h10,14H,4-9H2,1-3H3. The summed E-state index contributed by atoms with van der Waals surface area (Å²) in [5.74, 6) is 0. The number of nitrogens with one attached hydrogen (secondary N) is 1. The second-order valence-corrected chi connectivity index (χ2v) is 4.33. The summed E-state index contributed by atoms with van der Waals surface area (Å²) in [6, 6.07) is 1.94. The Morgan fingerprint density at radius 2 is 2.17 bits per heavy atom. The van der Waals surface area contributed by atoms with Gasteiger partial charge in [-0.1, -0.05) is 6.92 Å². The molecule has 1 N–H and O–H groups in total. The molecular weight excluding hydrogens is 230 g/mol. The predicted molar refractivity (Wildman–Crippen MR) is 72.2 cm³/mol. The molecule has 5 nitrogen and oxygen atoms in total. The summed E-state index contributed by atoms with van der Waals surface area (Å²) in [7, 11) is 1.54. The lowest BCUT2D eigenvalue weighted by Gasteiger charge is -2.10. The van der Waals surface area contributed by atoms with Gasteiger partial charge in [0, 0.05) is 18.3 Å². The average molecular weight is 253 g/mol. The Kier molecular flexibility index (Phi) is 6.43. The van der Waals surface area contributed by atoms with Crippen LogP contribution in [-0.2, 0) is 6.54 Å². The van der Waals surface area contributed by atoms with Crippen molar-refractivity contribution < 1.29 is 4.74 Å². The summed E-state index contributed by atoms with van der Waals surface area (Å²) in [5, 5.41) is 3.34. The zero-order chi connectivity index (χ0) is 13.4. The molecule has 1 heterocycles. The minimum absolute atomic E-state index is 0.0409. The second-order valence-electron chi connectivity index (χ2n) is 4.33. The first-order valence-electron chi connectivity index (χ1n) is 6.52. The highest BCUT2D eigenvalue weighted by molar-refractivity contribution is 5.06. The summed E-state index contributed by atoms with van der Waals surface area (Å²) in [6.45, 7) is 6.64. The van der Waals surface area contributed by atoms with E-state index >= 15 is 0 Å². The Morgan fingerprint density at radius 3 is 2.83 bits per heavy atom. The van der Waals surface area contributed by atoms with Gasteiger partial charge in [-0.3, -0.25) is 9.36 Å². The third-order valence-corrected chi connectivity index (χ3v) is 2.70. The van der Waals surface area contributed by atoms with Crippen LogP contribution < -0.4 is 15.6 Å². The van der Waals surface area contributed by atoms with E-state index in [-0.39, 0.29) is 5.56 Å². The molecule has 1 aromatic heterocycles. The minimum Gasteiger partial charge on any atom is -0.468 e. The van der Waals surface area contributed by atoms with E-state index in [0.717, 1.165) is 32.4 Å². The van der Waals surface area contributed by atoms with Gasteiger partial charge >= 0.3 is 0 Å². The van der Waals surface area contributed by atoms with E-state index in [1.165, 1.54) is 6.07 Å². The Labute approximate surface area is 108 Å². The first-order valence-corrected chi connectivity index (χ1v) is 6.52. The molecule has 0 fully saturated rings. The van der Waals surface area contributed by atoms with Crippen LogP contribution in [0.1, 0.15) is 31.9 Å². The Morgan fingerprint density at radius 1 is 1.39 bits per heavy atom. The number of unbranched alkanes of at least 4 members (excludes halogenated alkanes) is 1. The average Bonchev–Trinajstić information content (AvgIpc) is 2.35. The van der Waals surface area contributed by atoms with Crippen molar-refractivity contribution in [1.29, 1.82) is 0 Å². The fourth-order valence-electron chi connectivity index (χ4n) is 1.78. The van der Waals surface area contributed by atoms with Crippen LogP contribution in [0.5, 0.6) is 6.01 Å². The summed E-state index contributed by atoms with van der Waals surface area (Å²) in [4.78, 5) is 16.0. The molecule has 102 valence electrons. The number of rotatable bonds is 8. The molecule has 0 bridgehead atoms. The first kappa shape index (κ1) is 14.7. The first-order chi connectivity index (χ1) is 8.69. The molecule has 0 atom stereocenters. The maximum absolute atomic E-state index is 11.8. The number of ether oxygens (including phenoxy) is 1. The van der Waals surface area contributed by atoms with E-state index < -0.39 is 0 Å². The molecule has 0 spiro atoms. The molecule has 18 heavy (non-hydrogen) atoms. The van der Waals surface area contributed by atoms with Gasteiger partial charge < -0.3 is 10.1 Å². The number of aryl methyl sites for hydroxylation is 1. The molecule has 0 aromatic carbocycles. The SMILES string of the molecule is CCCNCCCCn1c(OC)nc(C)cc1=O. The highest BCUT2D eigenvalue weighted by Crippen LogP contribution is 2.05. The molecule has 0 amide bonds. The van der Waals surface area contributed by atoms with Crippen LogP contribution in [0.4, 0.5) is 0 Å². The van der Waals surface area contributed by atoms with Crippen molar-refractivity contribution in [1.82, 2.24) is 14.9 Å². The fourth-order valence-corrected chi connectivity index (χ4v) is 1.78. The zero-order valence-corrected chi connectivity index (χ0v) is 11.5. The number of methoxy groups -OCH3 is 1. The van der Waals surface area contributed by atoms with Crippen LogP contribution in [0.3, 0.4) is 0 Å².